The molecule has 0 aliphatic heterocycles. The summed E-state index contributed by atoms with van der Waals surface area (Å²) in [6.45, 7) is 1.87. The van der Waals surface area contributed by atoms with Crippen LogP contribution >= 0.6 is 11.6 Å². The second-order valence-corrected chi connectivity index (χ2v) is 5.28. The zero-order valence-electron chi connectivity index (χ0n) is 12.8. The lowest BCUT2D eigenvalue weighted by molar-refractivity contribution is -0.385. The van der Waals surface area contributed by atoms with E-state index in [0.717, 1.165) is 5.56 Å². The maximum Gasteiger partial charge on any atom is 0.276 e. The molecule has 0 atom stereocenters. The number of nitrogens with one attached hydrogen (secondary N) is 1. The number of benzene rings is 2. The van der Waals surface area contributed by atoms with E-state index in [9.17, 15) is 14.9 Å². The van der Waals surface area contributed by atoms with E-state index in [4.69, 9.17) is 11.6 Å². The van der Waals surface area contributed by atoms with E-state index in [1.807, 2.05) is 6.92 Å². The summed E-state index contributed by atoms with van der Waals surface area (Å²) in [5, 5.41) is 15.0. The van der Waals surface area contributed by atoms with Gasteiger partial charge in [0.1, 0.15) is 0 Å². The third-order valence-electron chi connectivity index (χ3n) is 3.11. The quantitative estimate of drug-likeness (QED) is 0.506. The lowest BCUT2D eigenvalue weighted by Gasteiger charge is -2.03. The van der Waals surface area contributed by atoms with Crippen LogP contribution in [0.5, 0.6) is 0 Å². The van der Waals surface area contributed by atoms with Crippen molar-refractivity contribution in [2.75, 3.05) is 0 Å². The van der Waals surface area contributed by atoms with E-state index in [1.54, 1.807) is 36.4 Å². The molecule has 0 unspecified atom stereocenters. The summed E-state index contributed by atoms with van der Waals surface area (Å²) in [6.07, 6.45) is 4.36. The Morgan fingerprint density at radius 3 is 2.75 bits per heavy atom. The Balaban J connectivity index is 2.00. The Bertz CT molecular complexity index is 832. The minimum atomic E-state index is -0.460. The van der Waals surface area contributed by atoms with Crippen LogP contribution < -0.4 is 5.43 Å². The van der Waals surface area contributed by atoms with Crippen LogP contribution in [0.25, 0.3) is 6.08 Å². The fraction of sp³-hybridized carbons (Fsp3) is 0.0588. The van der Waals surface area contributed by atoms with Gasteiger partial charge in [-0.25, -0.2) is 5.43 Å². The molecule has 0 bridgehead atoms. The maximum absolute atomic E-state index is 11.9. The van der Waals surface area contributed by atoms with Gasteiger partial charge in [-0.2, -0.15) is 5.10 Å². The standard InChI is InChI=1S/C17H14ClN3O3/c1-12-8-9-14(15(18)11-12)17(22)20-19-10-4-6-13-5-2-3-7-16(13)21(23)24/h2-11H,1H3,(H,20,22)/b6-4+,19-10+. The smallest absolute Gasteiger partial charge is 0.267 e. The normalized spacial score (nSPS) is 11.1. The number of halogens is 1. The Morgan fingerprint density at radius 1 is 1.29 bits per heavy atom. The largest absolute Gasteiger partial charge is 0.276 e. The van der Waals surface area contributed by atoms with E-state index in [0.29, 0.717) is 16.1 Å². The minimum Gasteiger partial charge on any atom is -0.267 e. The molecule has 0 heterocycles. The van der Waals surface area contributed by atoms with E-state index in [1.165, 1.54) is 24.4 Å². The molecule has 2 aromatic rings. The molecule has 0 radical (unpaired) electrons. The van der Waals surface area contributed by atoms with E-state index in [-0.39, 0.29) is 5.69 Å². The Hall–Kier alpha value is -2.99. The highest BCUT2D eigenvalue weighted by molar-refractivity contribution is 6.33. The molecule has 0 fully saturated rings. The molecule has 7 heteroatoms. The van der Waals surface area contributed by atoms with Crippen molar-refractivity contribution in [3.8, 4) is 0 Å². The van der Waals surface area contributed by atoms with Crippen molar-refractivity contribution in [2.45, 2.75) is 6.92 Å². The molecule has 0 saturated heterocycles. The number of hydrogen-bond donors (Lipinski definition) is 1. The molecule has 0 spiro atoms. The second-order valence-electron chi connectivity index (χ2n) is 4.88. The summed E-state index contributed by atoms with van der Waals surface area (Å²) in [4.78, 5) is 22.4. The maximum atomic E-state index is 11.9. The number of nitrogens with zero attached hydrogens (tertiary/aromatic N) is 2. The van der Waals surface area contributed by atoms with Crippen LogP contribution in [0.15, 0.2) is 53.6 Å². The first-order valence-electron chi connectivity index (χ1n) is 6.98. The highest BCUT2D eigenvalue weighted by atomic mass is 35.5. The number of carbonyl (C=O) groups is 1. The van der Waals surface area contributed by atoms with Gasteiger partial charge in [0.2, 0.25) is 0 Å². The number of amides is 1. The zero-order chi connectivity index (χ0) is 17.5. The van der Waals surface area contributed by atoms with Gasteiger partial charge in [-0.1, -0.05) is 29.8 Å². The van der Waals surface area contributed by atoms with Gasteiger partial charge >= 0.3 is 0 Å². The first-order valence-corrected chi connectivity index (χ1v) is 7.36. The summed E-state index contributed by atoms with van der Waals surface area (Å²) < 4.78 is 0. The van der Waals surface area contributed by atoms with Crippen LogP contribution in [0.2, 0.25) is 5.02 Å². The Kier molecular flexibility index (Phi) is 5.81. The summed E-state index contributed by atoms with van der Waals surface area (Å²) in [5.74, 6) is -0.435. The highest BCUT2D eigenvalue weighted by Gasteiger charge is 2.09. The van der Waals surface area contributed by atoms with Gasteiger partial charge in [0.15, 0.2) is 0 Å². The van der Waals surface area contributed by atoms with E-state index in [2.05, 4.69) is 10.5 Å². The molecule has 1 amide bonds. The molecule has 2 rings (SSSR count). The van der Waals surface area contributed by atoms with Crippen LogP contribution in [0.4, 0.5) is 5.69 Å². The molecule has 6 nitrogen and oxygen atoms in total. The van der Waals surface area contributed by atoms with Crippen molar-refractivity contribution in [1.82, 2.24) is 5.43 Å². The highest BCUT2D eigenvalue weighted by Crippen LogP contribution is 2.19. The lowest BCUT2D eigenvalue weighted by Crippen LogP contribution is -2.17. The predicted octanol–water partition coefficient (Wildman–Crippen LogP) is 3.99. The topological polar surface area (TPSA) is 84.6 Å². The number of hydrazone groups is 1. The summed E-state index contributed by atoms with van der Waals surface area (Å²) in [6, 6.07) is 11.4. The van der Waals surface area contributed by atoms with Crippen molar-refractivity contribution in [2.24, 2.45) is 5.10 Å². The average Bonchev–Trinajstić information content (AvgIpc) is 2.54. The van der Waals surface area contributed by atoms with Crippen molar-refractivity contribution >= 4 is 35.5 Å². The van der Waals surface area contributed by atoms with Crippen LogP contribution in [0.3, 0.4) is 0 Å². The molecule has 24 heavy (non-hydrogen) atoms. The van der Waals surface area contributed by atoms with Crippen LogP contribution in [-0.2, 0) is 0 Å². The molecule has 0 saturated carbocycles. The van der Waals surface area contributed by atoms with Gasteiger partial charge in [0.25, 0.3) is 11.6 Å². The van der Waals surface area contributed by atoms with E-state index < -0.39 is 10.8 Å². The van der Waals surface area contributed by atoms with Gasteiger partial charge in [-0.05, 0) is 42.8 Å². The van der Waals surface area contributed by atoms with Gasteiger partial charge in [-0.15, -0.1) is 0 Å². The van der Waals surface area contributed by atoms with Gasteiger partial charge < -0.3 is 0 Å². The Labute approximate surface area is 143 Å². The monoisotopic (exact) mass is 343 g/mol. The molecular weight excluding hydrogens is 330 g/mol. The van der Waals surface area contributed by atoms with Crippen molar-refractivity contribution in [1.29, 1.82) is 0 Å². The summed E-state index contributed by atoms with van der Waals surface area (Å²) >= 11 is 6.00. The molecule has 0 aliphatic carbocycles. The SMILES string of the molecule is Cc1ccc(C(=O)N/N=C/C=C/c2ccccc2[N+](=O)[O-])c(Cl)c1. The second kappa shape index (κ2) is 8.03. The molecule has 0 aromatic heterocycles. The summed E-state index contributed by atoms with van der Waals surface area (Å²) in [5.41, 5.74) is 4.06. The number of rotatable bonds is 5. The molecule has 1 N–H and O–H groups in total. The van der Waals surface area contributed by atoms with Crippen LogP contribution in [0, 0.1) is 17.0 Å². The van der Waals surface area contributed by atoms with Crippen LogP contribution in [0.1, 0.15) is 21.5 Å². The van der Waals surface area contributed by atoms with Crippen molar-refractivity contribution in [3.05, 3.63) is 80.4 Å². The van der Waals surface area contributed by atoms with Crippen molar-refractivity contribution in [3.63, 3.8) is 0 Å². The molecule has 0 aliphatic rings. The lowest BCUT2D eigenvalue weighted by atomic mass is 10.1. The number of allylic oxidation sites excluding steroid dienone is 1. The summed E-state index contributed by atoms with van der Waals surface area (Å²) in [7, 11) is 0. The first kappa shape index (κ1) is 17.4. The molecular formula is C17H14ClN3O3. The van der Waals surface area contributed by atoms with Gasteiger partial charge in [-0.3, -0.25) is 14.9 Å². The number of para-hydroxylation sites is 1. The fourth-order valence-corrected chi connectivity index (χ4v) is 2.27. The zero-order valence-corrected chi connectivity index (χ0v) is 13.5. The van der Waals surface area contributed by atoms with Gasteiger partial charge in [0, 0.05) is 12.3 Å². The Morgan fingerprint density at radius 2 is 2.04 bits per heavy atom. The number of aryl methyl sites for hydroxylation is 1. The third kappa shape index (κ3) is 4.50. The number of carbonyl (C=O) groups excluding carboxylic acids is 1. The first-order chi connectivity index (χ1) is 11.5. The third-order valence-corrected chi connectivity index (χ3v) is 3.42. The number of nitro groups is 1. The number of hydrogen-bond acceptors (Lipinski definition) is 4. The van der Waals surface area contributed by atoms with Crippen molar-refractivity contribution < 1.29 is 9.72 Å². The fourth-order valence-electron chi connectivity index (χ4n) is 1.94. The molecule has 2 aromatic carbocycles. The molecule has 122 valence electrons. The number of nitro benzene ring substituents is 1. The van der Waals surface area contributed by atoms with Gasteiger partial charge in [0.05, 0.1) is 21.1 Å². The minimum absolute atomic E-state index is 0.00220. The van der Waals surface area contributed by atoms with E-state index >= 15 is 0 Å². The predicted molar refractivity (Wildman–Crippen MR) is 94.3 cm³/mol. The van der Waals surface area contributed by atoms with Crippen LogP contribution in [-0.4, -0.2) is 17.0 Å². The average molecular weight is 344 g/mol.